The molecule has 1 atom stereocenters. The maximum Gasteiger partial charge on any atom is 0.255 e. The van der Waals surface area contributed by atoms with Crippen LogP contribution in [-0.2, 0) is 6.54 Å². The van der Waals surface area contributed by atoms with Crippen molar-refractivity contribution in [2.24, 2.45) is 0 Å². The van der Waals surface area contributed by atoms with Crippen LogP contribution in [0.2, 0.25) is 0 Å². The predicted molar refractivity (Wildman–Crippen MR) is 88.6 cm³/mol. The lowest BCUT2D eigenvalue weighted by Gasteiger charge is -2.15. The van der Waals surface area contributed by atoms with Gasteiger partial charge in [-0.3, -0.25) is 9.59 Å². The molecule has 0 saturated carbocycles. The van der Waals surface area contributed by atoms with Gasteiger partial charge in [0.05, 0.1) is 32.4 Å². The summed E-state index contributed by atoms with van der Waals surface area (Å²) in [6, 6.07) is 9.70. The fourth-order valence-corrected chi connectivity index (χ4v) is 2.27. The molecule has 2 rings (SSSR count). The number of ether oxygens (including phenoxy) is 2. The third-order valence-corrected chi connectivity index (χ3v) is 3.45. The van der Waals surface area contributed by atoms with E-state index in [2.05, 4.69) is 5.32 Å². The van der Waals surface area contributed by atoms with Gasteiger partial charge in [0, 0.05) is 18.8 Å². The molecule has 0 aliphatic carbocycles. The molecule has 2 aromatic rings. The number of aliphatic hydroxyl groups is 1. The number of methoxy groups -OCH3 is 2. The van der Waals surface area contributed by atoms with Crippen LogP contribution in [0.5, 0.6) is 11.5 Å². The van der Waals surface area contributed by atoms with Crippen LogP contribution in [0.15, 0.2) is 47.4 Å². The van der Waals surface area contributed by atoms with Gasteiger partial charge in [-0.25, -0.2) is 0 Å². The van der Waals surface area contributed by atoms with E-state index >= 15 is 0 Å². The lowest BCUT2D eigenvalue weighted by molar-refractivity contribution is 0.0899. The third-order valence-electron chi connectivity index (χ3n) is 3.45. The normalized spacial score (nSPS) is 11.6. The Morgan fingerprint density at radius 3 is 2.67 bits per heavy atom. The number of hydrogen-bond donors (Lipinski definition) is 2. The zero-order valence-electron chi connectivity index (χ0n) is 13.6. The second kappa shape index (κ2) is 8.16. The van der Waals surface area contributed by atoms with E-state index in [4.69, 9.17) is 9.47 Å². The maximum atomic E-state index is 12.3. The Morgan fingerprint density at radius 1 is 1.21 bits per heavy atom. The Balaban J connectivity index is 2.01. The molecule has 1 aromatic carbocycles. The van der Waals surface area contributed by atoms with Crippen LogP contribution in [0, 0.1) is 0 Å². The van der Waals surface area contributed by atoms with Gasteiger partial charge >= 0.3 is 0 Å². The summed E-state index contributed by atoms with van der Waals surface area (Å²) in [5.41, 5.74) is 0.0956. The molecule has 1 amide bonds. The van der Waals surface area contributed by atoms with Crippen LogP contribution in [0.25, 0.3) is 0 Å². The topological polar surface area (TPSA) is 89.8 Å². The number of benzene rings is 1. The highest BCUT2D eigenvalue weighted by atomic mass is 16.5. The summed E-state index contributed by atoms with van der Waals surface area (Å²) in [7, 11) is 2.94. The lowest BCUT2D eigenvalue weighted by Crippen LogP contribution is -2.36. The van der Waals surface area contributed by atoms with Crippen molar-refractivity contribution in [3.05, 3.63) is 58.5 Å². The monoisotopic (exact) mass is 332 g/mol. The number of nitrogens with zero attached hydrogens (tertiary/aromatic N) is 1. The number of carbonyl (C=O) groups excluding carboxylic acids is 1. The molecule has 1 unspecified atom stereocenters. The molecule has 24 heavy (non-hydrogen) atoms. The number of pyridine rings is 1. The minimum Gasteiger partial charge on any atom is -0.493 e. The Bertz CT molecular complexity index is 757. The minimum atomic E-state index is -0.898. The first kappa shape index (κ1) is 17.6. The van der Waals surface area contributed by atoms with Crippen molar-refractivity contribution in [1.82, 2.24) is 9.88 Å². The van der Waals surface area contributed by atoms with E-state index in [1.54, 1.807) is 36.5 Å². The van der Waals surface area contributed by atoms with E-state index in [0.29, 0.717) is 17.1 Å². The molecule has 1 aromatic heterocycles. The van der Waals surface area contributed by atoms with Crippen molar-refractivity contribution < 1.29 is 19.4 Å². The van der Waals surface area contributed by atoms with Gasteiger partial charge in [0.1, 0.15) is 0 Å². The summed E-state index contributed by atoms with van der Waals surface area (Å²) in [5.74, 6) is 0.373. The first-order valence-corrected chi connectivity index (χ1v) is 7.39. The summed E-state index contributed by atoms with van der Waals surface area (Å²) in [6.45, 7) is 0.0930. The zero-order chi connectivity index (χ0) is 17.5. The summed E-state index contributed by atoms with van der Waals surface area (Å²) in [4.78, 5) is 23.9. The van der Waals surface area contributed by atoms with Gasteiger partial charge in [-0.1, -0.05) is 12.1 Å². The van der Waals surface area contributed by atoms with Crippen molar-refractivity contribution in [2.75, 3.05) is 20.8 Å². The molecule has 0 fully saturated rings. The first-order chi connectivity index (χ1) is 11.6. The van der Waals surface area contributed by atoms with E-state index < -0.39 is 12.0 Å². The Hall–Kier alpha value is -2.80. The van der Waals surface area contributed by atoms with Gasteiger partial charge in [0.2, 0.25) is 0 Å². The highest BCUT2D eigenvalue weighted by Gasteiger charge is 2.17. The summed E-state index contributed by atoms with van der Waals surface area (Å²) in [6.07, 6.45) is 0.684. The second-order valence-electron chi connectivity index (χ2n) is 5.10. The third kappa shape index (κ3) is 4.14. The summed E-state index contributed by atoms with van der Waals surface area (Å²) < 4.78 is 11.7. The molecule has 7 heteroatoms. The molecule has 0 bridgehead atoms. The summed E-state index contributed by atoms with van der Waals surface area (Å²) >= 11 is 0. The smallest absolute Gasteiger partial charge is 0.255 e. The molecule has 0 aliphatic rings. The zero-order valence-corrected chi connectivity index (χ0v) is 13.6. The number of nitrogens with one attached hydrogen (secondary N) is 1. The molecule has 7 nitrogen and oxygen atoms in total. The number of carbonyl (C=O) groups is 1. The molecule has 128 valence electrons. The van der Waals surface area contributed by atoms with Crippen molar-refractivity contribution in [3.63, 3.8) is 0 Å². The Labute approximate surface area is 139 Å². The van der Waals surface area contributed by atoms with Crippen molar-refractivity contribution in [2.45, 2.75) is 12.6 Å². The number of aromatic nitrogens is 1. The molecule has 2 N–H and O–H groups in total. The highest BCUT2D eigenvalue weighted by Crippen LogP contribution is 2.30. The van der Waals surface area contributed by atoms with Gasteiger partial charge in [-0.15, -0.1) is 0 Å². The van der Waals surface area contributed by atoms with Gasteiger partial charge in [-0.2, -0.15) is 0 Å². The molecule has 0 radical (unpaired) electrons. The molecule has 0 saturated heterocycles. The van der Waals surface area contributed by atoms with Crippen molar-refractivity contribution in [1.29, 1.82) is 0 Å². The molecule has 1 heterocycles. The predicted octanol–water partition coefficient (Wildman–Crippen LogP) is 0.656. The van der Waals surface area contributed by atoms with Crippen molar-refractivity contribution in [3.8, 4) is 11.5 Å². The van der Waals surface area contributed by atoms with E-state index in [9.17, 15) is 14.7 Å². The molecule has 0 aliphatic heterocycles. The number of aliphatic hydroxyl groups excluding tert-OH is 1. The number of amides is 1. The van der Waals surface area contributed by atoms with E-state index in [1.807, 2.05) is 0 Å². The number of para-hydroxylation sites is 1. The van der Waals surface area contributed by atoms with Gasteiger partial charge in [0.25, 0.3) is 11.5 Å². The average Bonchev–Trinajstić information content (AvgIpc) is 2.60. The Morgan fingerprint density at radius 2 is 2.00 bits per heavy atom. The minimum absolute atomic E-state index is 0.000527. The van der Waals surface area contributed by atoms with Crippen LogP contribution in [-0.4, -0.2) is 42.4 Å². The quantitative estimate of drug-likeness (QED) is 0.777. The largest absolute Gasteiger partial charge is 0.493 e. The van der Waals surface area contributed by atoms with Gasteiger partial charge in [0.15, 0.2) is 11.5 Å². The van der Waals surface area contributed by atoms with Crippen LogP contribution in [0.1, 0.15) is 10.4 Å². The van der Waals surface area contributed by atoms with Crippen LogP contribution >= 0.6 is 0 Å². The highest BCUT2D eigenvalue weighted by molar-refractivity contribution is 5.97. The fourth-order valence-electron chi connectivity index (χ4n) is 2.27. The first-order valence-electron chi connectivity index (χ1n) is 7.39. The van der Waals surface area contributed by atoms with Crippen molar-refractivity contribution >= 4 is 5.91 Å². The fraction of sp³-hybridized carbons (Fsp3) is 0.294. The molecule has 0 spiro atoms. The van der Waals surface area contributed by atoms with E-state index in [0.717, 1.165) is 0 Å². The molecular formula is C17H20N2O5. The maximum absolute atomic E-state index is 12.3. The Kier molecular flexibility index (Phi) is 5.97. The standard InChI is InChI=1S/C17H20N2O5/c1-23-14-7-5-6-13(16(14)24-2)17(22)18-10-12(20)11-19-9-4-3-8-15(19)21/h3-9,12,20H,10-11H2,1-2H3,(H,18,22). The van der Waals surface area contributed by atoms with Gasteiger partial charge < -0.3 is 24.5 Å². The number of rotatable bonds is 7. The number of hydrogen-bond acceptors (Lipinski definition) is 5. The SMILES string of the molecule is COc1cccc(C(=O)NCC(O)Cn2ccccc2=O)c1OC. The van der Waals surface area contributed by atoms with Crippen LogP contribution in [0.3, 0.4) is 0 Å². The summed E-state index contributed by atoms with van der Waals surface area (Å²) in [5, 5.41) is 12.6. The molecular weight excluding hydrogens is 312 g/mol. The van der Waals surface area contributed by atoms with E-state index in [-0.39, 0.29) is 18.6 Å². The second-order valence-corrected chi connectivity index (χ2v) is 5.10. The average molecular weight is 332 g/mol. The van der Waals surface area contributed by atoms with Crippen LogP contribution in [0.4, 0.5) is 0 Å². The van der Waals surface area contributed by atoms with E-state index in [1.165, 1.54) is 24.9 Å². The van der Waals surface area contributed by atoms with Gasteiger partial charge in [-0.05, 0) is 18.2 Å². The van der Waals surface area contributed by atoms with Crippen LogP contribution < -0.4 is 20.3 Å². The lowest BCUT2D eigenvalue weighted by atomic mass is 10.1.